The van der Waals surface area contributed by atoms with Crippen LogP contribution in [0.5, 0.6) is 0 Å². The summed E-state index contributed by atoms with van der Waals surface area (Å²) in [6.45, 7) is 4.67. The molecule has 10 unspecified atom stereocenters. The zero-order chi connectivity index (χ0) is 30.1. The molecule has 0 aromatic carbocycles. The Bertz CT molecular complexity index is 1220. The van der Waals surface area contributed by atoms with Crippen molar-refractivity contribution in [2.45, 2.75) is 101 Å². The van der Waals surface area contributed by atoms with Gasteiger partial charge in [-0.15, -0.1) is 0 Å². The molecule has 5 fully saturated rings. The Morgan fingerprint density at radius 3 is 2.29 bits per heavy atom. The third kappa shape index (κ3) is 5.12. The minimum atomic E-state index is -5.83. The second kappa shape index (κ2) is 10.4. The molecule has 4 aliphatic carbocycles. The molecule has 0 aromatic rings. The van der Waals surface area contributed by atoms with Crippen molar-refractivity contribution >= 4 is 34.0 Å². The highest BCUT2D eigenvalue weighted by Gasteiger charge is 2.69. The molecule has 1 aliphatic heterocycles. The van der Waals surface area contributed by atoms with Crippen molar-refractivity contribution in [2.24, 2.45) is 41.4 Å². The van der Waals surface area contributed by atoms with Gasteiger partial charge in [-0.25, -0.2) is 9.59 Å². The maximum Gasteiger partial charge on any atom is 0.405 e. The molecule has 11 nitrogen and oxygen atoms in total. The number of carbonyl (C=O) groups is 4. The normalized spacial score (nSPS) is 38.1. The Labute approximate surface area is 236 Å². The van der Waals surface area contributed by atoms with E-state index in [1.807, 2.05) is 0 Å². The summed E-state index contributed by atoms with van der Waals surface area (Å²) in [5.74, 6) is -0.372. The van der Waals surface area contributed by atoms with E-state index in [0.717, 1.165) is 24.7 Å². The van der Waals surface area contributed by atoms with E-state index in [1.54, 1.807) is 0 Å². The number of hydrogen-bond donors (Lipinski definition) is 1. The van der Waals surface area contributed by atoms with Crippen molar-refractivity contribution in [2.75, 3.05) is 0 Å². The molecule has 0 radical (unpaired) electrons. The minimum absolute atomic E-state index is 0.0761. The Morgan fingerprint density at radius 2 is 1.66 bits per heavy atom. The van der Waals surface area contributed by atoms with Crippen molar-refractivity contribution in [3.8, 4) is 0 Å². The first-order chi connectivity index (χ1) is 19.0. The lowest BCUT2D eigenvalue weighted by Gasteiger charge is -2.48. The SMILES string of the molecule is CC(C)C1(OC(=O)C2CC(OC(=O)CCC(=O)OC(C)C(F)(F)S(=O)(=O)O)C(=O)O2)CC2CC1C1C3CCC(C3)C21. The second-order valence-electron chi connectivity index (χ2n) is 12.6. The van der Waals surface area contributed by atoms with Gasteiger partial charge in [-0.1, -0.05) is 13.8 Å². The molecule has 0 spiro atoms. The van der Waals surface area contributed by atoms with Crippen molar-refractivity contribution in [1.82, 2.24) is 0 Å². The van der Waals surface area contributed by atoms with Gasteiger partial charge in [0.1, 0.15) is 5.60 Å². The van der Waals surface area contributed by atoms with E-state index in [2.05, 4.69) is 18.6 Å². The van der Waals surface area contributed by atoms with Gasteiger partial charge >= 0.3 is 39.2 Å². The van der Waals surface area contributed by atoms with Crippen LogP contribution in [-0.2, 0) is 48.2 Å². The van der Waals surface area contributed by atoms with E-state index in [9.17, 15) is 36.4 Å². The van der Waals surface area contributed by atoms with E-state index >= 15 is 0 Å². The molecule has 4 bridgehead atoms. The molecule has 41 heavy (non-hydrogen) atoms. The van der Waals surface area contributed by atoms with Gasteiger partial charge in [0.25, 0.3) is 0 Å². The lowest BCUT2D eigenvalue weighted by Crippen LogP contribution is -2.52. The monoisotopic (exact) mass is 606 g/mol. The zero-order valence-corrected chi connectivity index (χ0v) is 23.9. The van der Waals surface area contributed by atoms with Crippen molar-refractivity contribution in [3.05, 3.63) is 0 Å². The lowest BCUT2D eigenvalue weighted by atomic mass is 9.63. The van der Waals surface area contributed by atoms with Crippen LogP contribution in [-0.4, -0.2) is 66.0 Å². The summed E-state index contributed by atoms with van der Waals surface area (Å²) in [5.41, 5.74) is -0.627. The van der Waals surface area contributed by atoms with Gasteiger partial charge in [-0.05, 0) is 74.5 Å². The summed E-state index contributed by atoms with van der Waals surface area (Å²) in [4.78, 5) is 49.6. The highest BCUT2D eigenvalue weighted by Crippen LogP contribution is 2.71. The number of alkyl halides is 2. The molecule has 0 amide bonds. The summed E-state index contributed by atoms with van der Waals surface area (Å²) < 4.78 is 77.9. The number of rotatable bonds is 10. The Morgan fingerprint density at radius 1 is 1.02 bits per heavy atom. The molecule has 5 rings (SSSR count). The maximum absolute atomic E-state index is 13.5. The van der Waals surface area contributed by atoms with E-state index < -0.39 is 76.0 Å². The zero-order valence-electron chi connectivity index (χ0n) is 23.1. The van der Waals surface area contributed by atoms with Crippen molar-refractivity contribution in [3.63, 3.8) is 0 Å². The molecule has 5 aliphatic rings. The molecule has 1 N–H and O–H groups in total. The number of ether oxygens (including phenoxy) is 4. The largest absolute Gasteiger partial charge is 0.456 e. The van der Waals surface area contributed by atoms with Crippen LogP contribution in [0.1, 0.15) is 72.1 Å². The molecule has 10 atom stereocenters. The Hall–Kier alpha value is -2.35. The third-order valence-corrected chi connectivity index (χ3v) is 11.3. The summed E-state index contributed by atoms with van der Waals surface area (Å²) in [6.07, 6.45) is -1.23. The molecule has 0 aromatic heterocycles. The number of carbonyl (C=O) groups excluding carboxylic acids is 4. The average molecular weight is 607 g/mol. The van der Waals surface area contributed by atoms with Crippen LogP contribution < -0.4 is 0 Å². The fourth-order valence-corrected chi connectivity index (χ4v) is 8.99. The molecular weight excluding hydrogens is 570 g/mol. The Balaban J connectivity index is 1.12. The molecule has 4 saturated carbocycles. The fraction of sp³-hybridized carbons (Fsp3) is 0.852. The van der Waals surface area contributed by atoms with Crippen LogP contribution in [0, 0.1) is 41.4 Å². The van der Waals surface area contributed by atoms with Gasteiger partial charge in [-0.3, -0.25) is 14.1 Å². The van der Waals surface area contributed by atoms with Crippen molar-refractivity contribution < 1.29 is 59.9 Å². The van der Waals surface area contributed by atoms with Crippen LogP contribution >= 0.6 is 0 Å². The van der Waals surface area contributed by atoms with E-state index in [-0.39, 0.29) is 18.3 Å². The summed E-state index contributed by atoms with van der Waals surface area (Å²) in [6, 6.07) is 0. The molecule has 1 heterocycles. The van der Waals surface area contributed by atoms with Gasteiger partial charge < -0.3 is 18.9 Å². The summed E-state index contributed by atoms with van der Waals surface area (Å²) >= 11 is 0. The predicted octanol–water partition coefficient (Wildman–Crippen LogP) is 3.05. The highest BCUT2D eigenvalue weighted by molar-refractivity contribution is 7.86. The smallest absolute Gasteiger partial charge is 0.405 e. The van der Waals surface area contributed by atoms with Crippen LogP contribution in [0.3, 0.4) is 0 Å². The molecule has 14 heteroatoms. The van der Waals surface area contributed by atoms with Gasteiger partial charge in [-0.2, -0.15) is 17.2 Å². The topological polar surface area (TPSA) is 160 Å². The van der Waals surface area contributed by atoms with Crippen LogP contribution in [0.4, 0.5) is 8.78 Å². The fourth-order valence-electron chi connectivity index (χ4n) is 8.53. The summed E-state index contributed by atoms with van der Waals surface area (Å²) in [7, 11) is -5.83. The number of fused-ring (bicyclic) bond motifs is 9. The van der Waals surface area contributed by atoms with E-state index in [1.165, 1.54) is 19.3 Å². The van der Waals surface area contributed by atoms with Crippen LogP contribution in [0.15, 0.2) is 0 Å². The van der Waals surface area contributed by atoms with Gasteiger partial charge in [0.15, 0.2) is 6.10 Å². The maximum atomic E-state index is 13.5. The number of cyclic esters (lactones) is 1. The van der Waals surface area contributed by atoms with Crippen LogP contribution in [0.25, 0.3) is 0 Å². The first-order valence-electron chi connectivity index (χ1n) is 14.2. The second-order valence-corrected chi connectivity index (χ2v) is 14.1. The molecular formula is C27H36F2O11S. The van der Waals surface area contributed by atoms with E-state index in [0.29, 0.717) is 24.7 Å². The molecule has 1 saturated heterocycles. The lowest BCUT2D eigenvalue weighted by molar-refractivity contribution is -0.191. The van der Waals surface area contributed by atoms with Gasteiger partial charge in [0.05, 0.1) is 12.8 Å². The highest BCUT2D eigenvalue weighted by atomic mass is 32.2. The number of esters is 4. The predicted molar refractivity (Wildman–Crippen MR) is 133 cm³/mol. The van der Waals surface area contributed by atoms with Gasteiger partial charge in [0.2, 0.25) is 12.2 Å². The van der Waals surface area contributed by atoms with Crippen molar-refractivity contribution in [1.29, 1.82) is 0 Å². The van der Waals surface area contributed by atoms with Crippen LogP contribution in [0.2, 0.25) is 0 Å². The van der Waals surface area contributed by atoms with E-state index in [4.69, 9.17) is 18.8 Å². The third-order valence-electron chi connectivity index (χ3n) is 10.2. The minimum Gasteiger partial charge on any atom is -0.456 e. The number of hydrogen-bond acceptors (Lipinski definition) is 10. The summed E-state index contributed by atoms with van der Waals surface area (Å²) in [5, 5.41) is -4.75. The average Bonchev–Trinajstić information content (AvgIpc) is 3.68. The molecule has 230 valence electrons. The first kappa shape index (κ1) is 30.1. The Kier molecular flexibility index (Phi) is 7.66. The standard InChI is InChI=1S/C27H36F2O11S/c1-12(2)26(11-16-9-17(26)23-15-5-4-14(8-15)22(16)23)40-25(33)19-10-18(24(32)39-19)38-21(31)7-6-20(30)37-13(3)27(28,29)41(34,35)36/h12-19,22-23H,4-11H2,1-3H3,(H,34,35,36). The van der Waals surface area contributed by atoms with Gasteiger partial charge in [0, 0.05) is 12.3 Å². The quantitative estimate of drug-likeness (QED) is 0.169. The number of halogens is 2. The first-order valence-corrected chi connectivity index (χ1v) is 15.7.